The second-order valence-corrected chi connectivity index (χ2v) is 5.66. The molecule has 24 heavy (non-hydrogen) atoms. The zero-order valence-corrected chi connectivity index (χ0v) is 13.7. The Labute approximate surface area is 141 Å². The minimum Gasteiger partial charge on any atom is -0.457 e. The van der Waals surface area contributed by atoms with Gasteiger partial charge in [0.2, 0.25) is 5.91 Å². The first-order chi connectivity index (χ1) is 11.5. The van der Waals surface area contributed by atoms with E-state index in [4.69, 9.17) is 10.5 Å². The summed E-state index contributed by atoms with van der Waals surface area (Å²) in [6.07, 6.45) is 0. The predicted octanol–water partition coefficient (Wildman–Crippen LogP) is 3.11. The maximum atomic E-state index is 12.3. The SMILES string of the molecule is CC(C)[C@H](NC(N)=O)C(=O)Nc1ccc(Oc2ccccc2)cc1. The molecule has 4 N–H and O–H groups in total. The van der Waals surface area contributed by atoms with Crippen molar-refractivity contribution in [1.29, 1.82) is 0 Å². The molecule has 0 aliphatic rings. The number of para-hydroxylation sites is 1. The molecule has 0 aromatic heterocycles. The van der Waals surface area contributed by atoms with Crippen molar-refractivity contribution in [2.24, 2.45) is 11.7 Å². The first kappa shape index (κ1) is 17.3. The highest BCUT2D eigenvalue weighted by Crippen LogP contribution is 2.22. The van der Waals surface area contributed by atoms with Crippen LogP contribution in [0.3, 0.4) is 0 Å². The molecule has 2 rings (SSSR count). The van der Waals surface area contributed by atoms with Gasteiger partial charge in [0.05, 0.1) is 0 Å². The van der Waals surface area contributed by atoms with Gasteiger partial charge in [-0.15, -0.1) is 0 Å². The average molecular weight is 327 g/mol. The monoisotopic (exact) mass is 327 g/mol. The Morgan fingerprint density at radius 1 is 0.958 bits per heavy atom. The zero-order valence-electron chi connectivity index (χ0n) is 13.7. The number of rotatable bonds is 6. The van der Waals surface area contributed by atoms with Gasteiger partial charge in [0.15, 0.2) is 0 Å². The van der Waals surface area contributed by atoms with Crippen molar-refractivity contribution in [3.8, 4) is 11.5 Å². The summed E-state index contributed by atoms with van der Waals surface area (Å²) in [7, 11) is 0. The van der Waals surface area contributed by atoms with E-state index in [1.807, 2.05) is 44.2 Å². The molecule has 0 spiro atoms. The van der Waals surface area contributed by atoms with E-state index in [0.717, 1.165) is 5.75 Å². The van der Waals surface area contributed by atoms with Gasteiger partial charge in [0.25, 0.3) is 0 Å². The van der Waals surface area contributed by atoms with E-state index in [9.17, 15) is 9.59 Å². The summed E-state index contributed by atoms with van der Waals surface area (Å²) in [6.45, 7) is 3.66. The molecule has 2 aromatic rings. The van der Waals surface area contributed by atoms with Crippen molar-refractivity contribution in [3.63, 3.8) is 0 Å². The number of benzene rings is 2. The van der Waals surface area contributed by atoms with Crippen LogP contribution in [-0.4, -0.2) is 18.0 Å². The third-order valence-electron chi connectivity index (χ3n) is 3.35. The summed E-state index contributed by atoms with van der Waals surface area (Å²) in [6, 6.07) is 15.0. The quantitative estimate of drug-likeness (QED) is 0.761. The van der Waals surface area contributed by atoms with Crippen molar-refractivity contribution in [2.75, 3.05) is 5.32 Å². The van der Waals surface area contributed by atoms with Crippen LogP contribution in [0.4, 0.5) is 10.5 Å². The lowest BCUT2D eigenvalue weighted by Gasteiger charge is -2.20. The second-order valence-electron chi connectivity index (χ2n) is 5.66. The number of primary amides is 1. The van der Waals surface area contributed by atoms with Gasteiger partial charge in [-0.25, -0.2) is 4.79 Å². The number of hydrogen-bond acceptors (Lipinski definition) is 3. The van der Waals surface area contributed by atoms with E-state index in [-0.39, 0.29) is 11.8 Å². The fourth-order valence-electron chi connectivity index (χ4n) is 2.14. The molecule has 126 valence electrons. The molecular weight excluding hydrogens is 306 g/mol. The van der Waals surface area contributed by atoms with Gasteiger partial charge >= 0.3 is 6.03 Å². The van der Waals surface area contributed by atoms with Crippen LogP contribution in [0.25, 0.3) is 0 Å². The van der Waals surface area contributed by atoms with Gasteiger partial charge in [-0.3, -0.25) is 4.79 Å². The van der Waals surface area contributed by atoms with Crippen LogP contribution >= 0.6 is 0 Å². The molecule has 1 atom stereocenters. The number of carbonyl (C=O) groups is 2. The van der Waals surface area contributed by atoms with Gasteiger partial charge in [0.1, 0.15) is 17.5 Å². The lowest BCUT2D eigenvalue weighted by Crippen LogP contribution is -2.49. The number of urea groups is 1. The van der Waals surface area contributed by atoms with E-state index >= 15 is 0 Å². The molecule has 0 aliphatic carbocycles. The van der Waals surface area contributed by atoms with Crippen LogP contribution in [0.1, 0.15) is 13.8 Å². The third-order valence-corrected chi connectivity index (χ3v) is 3.35. The molecular formula is C18H21N3O3. The molecule has 0 bridgehead atoms. The Hall–Kier alpha value is -3.02. The third kappa shape index (κ3) is 5.01. The fraction of sp³-hybridized carbons (Fsp3) is 0.222. The minimum atomic E-state index is -0.726. The molecule has 6 nitrogen and oxygen atoms in total. The highest BCUT2D eigenvalue weighted by atomic mass is 16.5. The second kappa shape index (κ2) is 8.01. The van der Waals surface area contributed by atoms with E-state index in [2.05, 4.69) is 10.6 Å². The first-order valence-corrected chi connectivity index (χ1v) is 7.65. The number of ether oxygens (including phenoxy) is 1. The van der Waals surface area contributed by atoms with Gasteiger partial charge in [-0.1, -0.05) is 32.0 Å². The molecule has 0 unspecified atom stereocenters. The van der Waals surface area contributed by atoms with Gasteiger partial charge in [0, 0.05) is 5.69 Å². The Kier molecular flexibility index (Phi) is 5.78. The smallest absolute Gasteiger partial charge is 0.312 e. The topological polar surface area (TPSA) is 93.5 Å². The van der Waals surface area contributed by atoms with Gasteiger partial charge in [-0.2, -0.15) is 0 Å². The van der Waals surface area contributed by atoms with Gasteiger partial charge in [-0.05, 0) is 42.3 Å². The molecule has 2 aromatic carbocycles. The molecule has 0 heterocycles. The summed E-state index contributed by atoms with van der Waals surface area (Å²) >= 11 is 0. The van der Waals surface area contributed by atoms with Gasteiger partial charge < -0.3 is 21.1 Å². The zero-order chi connectivity index (χ0) is 17.5. The number of amides is 3. The molecule has 3 amide bonds. The summed E-state index contributed by atoms with van der Waals surface area (Å²) in [5.41, 5.74) is 5.72. The molecule has 0 saturated heterocycles. The van der Waals surface area contributed by atoms with Crippen LogP contribution in [0.2, 0.25) is 0 Å². The summed E-state index contributed by atoms with van der Waals surface area (Å²) in [5, 5.41) is 5.20. The van der Waals surface area contributed by atoms with Crippen molar-refractivity contribution < 1.29 is 14.3 Å². The largest absolute Gasteiger partial charge is 0.457 e. The molecule has 0 fully saturated rings. The van der Waals surface area contributed by atoms with Crippen LogP contribution in [-0.2, 0) is 4.79 Å². The van der Waals surface area contributed by atoms with Crippen molar-refractivity contribution in [1.82, 2.24) is 5.32 Å². The minimum absolute atomic E-state index is 0.0850. The lowest BCUT2D eigenvalue weighted by molar-refractivity contribution is -0.118. The molecule has 0 aliphatic heterocycles. The van der Waals surface area contributed by atoms with Crippen molar-refractivity contribution in [3.05, 3.63) is 54.6 Å². The molecule has 6 heteroatoms. The Balaban J connectivity index is 2.00. The normalized spacial score (nSPS) is 11.6. The van der Waals surface area contributed by atoms with E-state index in [1.165, 1.54) is 0 Å². The van der Waals surface area contributed by atoms with E-state index in [1.54, 1.807) is 24.3 Å². The summed E-state index contributed by atoms with van der Waals surface area (Å²) < 4.78 is 5.69. The number of nitrogens with two attached hydrogens (primary N) is 1. The predicted molar refractivity (Wildman–Crippen MR) is 92.9 cm³/mol. The Bertz CT molecular complexity index is 684. The highest BCUT2D eigenvalue weighted by molar-refractivity contribution is 5.97. The molecule has 0 radical (unpaired) electrons. The summed E-state index contributed by atoms with van der Waals surface area (Å²) in [5.74, 6) is 0.994. The molecule has 0 saturated carbocycles. The Morgan fingerprint density at radius 2 is 1.54 bits per heavy atom. The Morgan fingerprint density at radius 3 is 2.08 bits per heavy atom. The standard InChI is InChI=1S/C18H21N3O3/c1-12(2)16(21-18(19)23)17(22)20-13-8-10-15(11-9-13)24-14-6-4-3-5-7-14/h3-12,16H,1-2H3,(H,20,22)(H3,19,21,23)/t16-/m0/s1. The van der Waals surface area contributed by atoms with Crippen LogP contribution < -0.4 is 21.1 Å². The van der Waals surface area contributed by atoms with Crippen LogP contribution in [0, 0.1) is 5.92 Å². The summed E-state index contributed by atoms with van der Waals surface area (Å²) in [4.78, 5) is 23.3. The fourth-order valence-corrected chi connectivity index (χ4v) is 2.14. The van der Waals surface area contributed by atoms with Crippen LogP contribution in [0.15, 0.2) is 54.6 Å². The number of carbonyl (C=O) groups excluding carboxylic acids is 2. The maximum Gasteiger partial charge on any atom is 0.312 e. The van der Waals surface area contributed by atoms with Crippen molar-refractivity contribution >= 4 is 17.6 Å². The number of anilines is 1. The van der Waals surface area contributed by atoms with E-state index < -0.39 is 12.1 Å². The number of hydrogen-bond donors (Lipinski definition) is 3. The lowest BCUT2D eigenvalue weighted by atomic mass is 10.0. The van der Waals surface area contributed by atoms with Crippen LogP contribution in [0.5, 0.6) is 11.5 Å². The maximum absolute atomic E-state index is 12.3. The first-order valence-electron chi connectivity index (χ1n) is 7.65. The number of nitrogens with one attached hydrogen (secondary N) is 2. The van der Waals surface area contributed by atoms with E-state index in [0.29, 0.717) is 11.4 Å². The van der Waals surface area contributed by atoms with Crippen molar-refractivity contribution in [2.45, 2.75) is 19.9 Å². The highest BCUT2D eigenvalue weighted by Gasteiger charge is 2.23. The average Bonchev–Trinajstić information content (AvgIpc) is 2.55.